The van der Waals surface area contributed by atoms with Gasteiger partial charge in [0.1, 0.15) is 11.4 Å². The van der Waals surface area contributed by atoms with E-state index in [4.69, 9.17) is 0 Å². The van der Waals surface area contributed by atoms with Crippen LogP contribution in [-0.4, -0.2) is 24.5 Å². The molecule has 0 saturated heterocycles. The largest absolute Gasteiger partial charge is 0.507 e. The van der Waals surface area contributed by atoms with E-state index in [1.165, 1.54) is 30.3 Å². The molecule has 0 unspecified atom stereocenters. The zero-order valence-corrected chi connectivity index (χ0v) is 20.4. The van der Waals surface area contributed by atoms with Gasteiger partial charge in [-0.15, -0.1) is 10.2 Å². The highest BCUT2D eigenvalue weighted by atomic mass is 32.2. The summed E-state index contributed by atoms with van der Waals surface area (Å²) in [5, 5.41) is 30.6. The highest BCUT2D eigenvalue weighted by Crippen LogP contribution is 2.40. The number of phenolic OH excluding ortho intramolecular Hbond substituents is 2. The lowest BCUT2D eigenvalue weighted by Crippen LogP contribution is -2.13. The van der Waals surface area contributed by atoms with Crippen molar-refractivity contribution in [1.29, 1.82) is 0 Å². The second-order valence-electron chi connectivity index (χ2n) is 8.47. The predicted octanol–water partition coefficient (Wildman–Crippen LogP) is 6.44. The fourth-order valence-corrected chi connectivity index (χ4v) is 5.04. The first kappa shape index (κ1) is 24.0. The third-order valence-corrected chi connectivity index (χ3v) is 7.31. The molecule has 0 spiro atoms. The molecule has 5 aromatic rings. The molecule has 0 fully saturated rings. The molecule has 0 aliphatic heterocycles. The maximum Gasteiger partial charge on any atom is 0.295 e. The molecule has 0 saturated carbocycles. The van der Waals surface area contributed by atoms with Gasteiger partial charge < -0.3 is 10.2 Å². The van der Waals surface area contributed by atoms with Crippen LogP contribution in [0.25, 0.3) is 21.5 Å². The maximum atomic E-state index is 13.0. The van der Waals surface area contributed by atoms with Gasteiger partial charge in [-0.1, -0.05) is 60.2 Å². The monoisotopic (exact) mass is 511 g/mol. The number of carbonyl (C=O) groups is 1. The van der Waals surface area contributed by atoms with Gasteiger partial charge in [-0.3, -0.25) is 9.52 Å². The molecule has 0 bridgehead atoms. The van der Waals surface area contributed by atoms with E-state index in [1.807, 2.05) is 6.92 Å². The van der Waals surface area contributed by atoms with Crippen molar-refractivity contribution < 1.29 is 23.4 Å². The number of aryl methyl sites for hydroxylation is 1. The van der Waals surface area contributed by atoms with E-state index >= 15 is 0 Å². The van der Waals surface area contributed by atoms with Crippen LogP contribution in [0.4, 0.5) is 11.4 Å². The van der Waals surface area contributed by atoms with Crippen LogP contribution in [-0.2, 0) is 10.0 Å². The number of hydrogen-bond donors (Lipinski definition) is 3. The maximum absolute atomic E-state index is 13.0. The molecule has 0 heterocycles. The first-order valence-electron chi connectivity index (χ1n) is 11.2. The van der Waals surface area contributed by atoms with Crippen LogP contribution >= 0.6 is 0 Å². The molecule has 184 valence electrons. The average molecular weight is 512 g/mol. The Morgan fingerprint density at radius 2 is 1.54 bits per heavy atom. The number of phenols is 2. The van der Waals surface area contributed by atoms with Crippen molar-refractivity contribution in [2.75, 3.05) is 4.72 Å². The highest BCUT2D eigenvalue weighted by Gasteiger charge is 2.19. The molecular weight excluding hydrogens is 490 g/mol. The quantitative estimate of drug-likeness (QED) is 0.185. The zero-order chi connectivity index (χ0) is 26.2. The number of fused-ring (bicyclic) bond motifs is 2. The lowest BCUT2D eigenvalue weighted by Gasteiger charge is -2.13. The first-order valence-corrected chi connectivity index (χ1v) is 12.7. The number of rotatable bonds is 5. The van der Waals surface area contributed by atoms with Gasteiger partial charge in [0.2, 0.25) is 0 Å². The van der Waals surface area contributed by atoms with E-state index in [2.05, 4.69) is 15.0 Å². The normalized spacial score (nSPS) is 11.8. The molecule has 0 radical (unpaired) electrons. The Hall–Kier alpha value is -4.76. The zero-order valence-electron chi connectivity index (χ0n) is 19.6. The summed E-state index contributed by atoms with van der Waals surface area (Å²) in [7, 11) is -3.94. The summed E-state index contributed by atoms with van der Waals surface area (Å²) in [4.78, 5) is 12.8. The molecule has 0 atom stereocenters. The Bertz CT molecular complexity index is 1810. The van der Waals surface area contributed by atoms with Crippen LogP contribution in [0.2, 0.25) is 0 Å². The Kier molecular flexibility index (Phi) is 6.06. The Morgan fingerprint density at radius 3 is 2.30 bits per heavy atom. The van der Waals surface area contributed by atoms with Gasteiger partial charge in [0.15, 0.2) is 5.75 Å². The van der Waals surface area contributed by atoms with E-state index in [9.17, 15) is 23.4 Å². The average Bonchev–Trinajstić information content (AvgIpc) is 2.89. The molecule has 5 rings (SSSR count). The fourth-order valence-electron chi connectivity index (χ4n) is 3.97. The number of hydrogen-bond acceptors (Lipinski definition) is 6. The summed E-state index contributed by atoms with van der Waals surface area (Å²) in [6, 6.07) is 24.2. The minimum absolute atomic E-state index is 0.0294. The summed E-state index contributed by atoms with van der Waals surface area (Å²) in [6.07, 6.45) is 0. The number of anilines is 1. The summed E-state index contributed by atoms with van der Waals surface area (Å²) in [5.74, 6) is -0.914. The molecule has 3 N–H and O–H groups in total. The van der Waals surface area contributed by atoms with Crippen LogP contribution < -0.4 is 4.72 Å². The summed E-state index contributed by atoms with van der Waals surface area (Å²) in [5.41, 5.74) is 1.20. The van der Waals surface area contributed by atoms with Gasteiger partial charge in [0.05, 0.1) is 10.6 Å². The molecule has 5 aromatic carbocycles. The van der Waals surface area contributed by atoms with E-state index in [0.29, 0.717) is 16.2 Å². The molecular formula is C28H21N3O5S. The SMILES string of the molecule is Cc1ccc(S(=O)(=O)Nc2cc(N=NC(=O)c3ccc4cccc(O)c4c3)c(O)c3ccccc23)cc1. The predicted molar refractivity (Wildman–Crippen MR) is 142 cm³/mol. The van der Waals surface area contributed by atoms with Crippen molar-refractivity contribution in [2.45, 2.75) is 11.8 Å². The first-order chi connectivity index (χ1) is 17.7. The highest BCUT2D eigenvalue weighted by molar-refractivity contribution is 7.92. The minimum atomic E-state index is -3.94. The Balaban J connectivity index is 1.53. The van der Waals surface area contributed by atoms with Crippen LogP contribution in [0.15, 0.2) is 106 Å². The van der Waals surface area contributed by atoms with Crippen molar-refractivity contribution in [1.82, 2.24) is 0 Å². The van der Waals surface area contributed by atoms with Gasteiger partial charge in [0.25, 0.3) is 15.9 Å². The third-order valence-electron chi connectivity index (χ3n) is 5.93. The third kappa shape index (κ3) is 4.72. The lowest BCUT2D eigenvalue weighted by molar-refractivity contribution is 0.0995. The van der Waals surface area contributed by atoms with Crippen molar-refractivity contribution in [3.8, 4) is 11.5 Å². The number of amides is 1. The molecule has 1 amide bonds. The van der Waals surface area contributed by atoms with Gasteiger partial charge in [0, 0.05) is 21.7 Å². The van der Waals surface area contributed by atoms with Crippen molar-refractivity contribution >= 4 is 48.9 Å². The molecule has 0 aliphatic rings. The number of benzene rings is 5. The summed E-state index contributed by atoms with van der Waals surface area (Å²) >= 11 is 0. The van der Waals surface area contributed by atoms with Gasteiger partial charge in [-0.2, -0.15) is 0 Å². The van der Waals surface area contributed by atoms with Crippen LogP contribution in [0.3, 0.4) is 0 Å². The van der Waals surface area contributed by atoms with Gasteiger partial charge >= 0.3 is 0 Å². The Labute approximate surface area is 212 Å². The number of nitrogens with one attached hydrogen (secondary N) is 1. The second-order valence-corrected chi connectivity index (χ2v) is 10.2. The number of aromatic hydroxyl groups is 2. The van der Waals surface area contributed by atoms with Crippen LogP contribution in [0, 0.1) is 6.92 Å². The number of azo groups is 1. The van der Waals surface area contributed by atoms with Gasteiger partial charge in [-0.25, -0.2) is 8.42 Å². The van der Waals surface area contributed by atoms with Crippen LogP contribution in [0.5, 0.6) is 11.5 Å². The van der Waals surface area contributed by atoms with Crippen LogP contribution in [0.1, 0.15) is 15.9 Å². The summed E-state index contributed by atoms with van der Waals surface area (Å²) in [6.45, 7) is 1.86. The molecule has 9 heteroatoms. The van der Waals surface area contributed by atoms with Crippen molar-refractivity contribution in [2.24, 2.45) is 10.2 Å². The smallest absolute Gasteiger partial charge is 0.295 e. The number of nitrogens with zero attached hydrogens (tertiary/aromatic N) is 2. The van der Waals surface area contributed by atoms with E-state index in [0.717, 1.165) is 10.9 Å². The molecule has 0 aliphatic carbocycles. The van der Waals surface area contributed by atoms with Crippen molar-refractivity contribution in [3.63, 3.8) is 0 Å². The van der Waals surface area contributed by atoms with E-state index < -0.39 is 15.9 Å². The second kappa shape index (κ2) is 9.36. The molecule has 37 heavy (non-hydrogen) atoms. The summed E-state index contributed by atoms with van der Waals surface area (Å²) < 4.78 is 28.6. The number of carbonyl (C=O) groups excluding carboxylic acids is 1. The standard InChI is InChI=1S/C28H21N3O5S/c1-17-9-13-20(14-10-17)37(35,36)31-24-16-25(27(33)22-7-3-2-6-21(22)24)29-30-28(34)19-12-11-18-5-4-8-26(32)23(18)15-19/h2-16,31-33H,1H3. The number of sulfonamides is 1. The minimum Gasteiger partial charge on any atom is -0.507 e. The lowest BCUT2D eigenvalue weighted by atomic mass is 10.1. The van der Waals surface area contributed by atoms with Crippen molar-refractivity contribution in [3.05, 3.63) is 102 Å². The fraction of sp³-hybridized carbons (Fsp3) is 0.0357. The topological polar surface area (TPSA) is 128 Å². The van der Waals surface area contributed by atoms with E-state index in [1.54, 1.807) is 60.7 Å². The Morgan fingerprint density at radius 1 is 0.811 bits per heavy atom. The van der Waals surface area contributed by atoms with Gasteiger partial charge in [-0.05, 0) is 48.7 Å². The van der Waals surface area contributed by atoms with E-state index in [-0.39, 0.29) is 33.3 Å². The molecule has 0 aromatic heterocycles. The molecule has 8 nitrogen and oxygen atoms in total.